The molecule has 0 radical (unpaired) electrons. The summed E-state index contributed by atoms with van der Waals surface area (Å²) in [7, 11) is -3.35. The molecule has 0 saturated heterocycles. The number of rotatable bonds is 5. The molecule has 4 aromatic rings. The van der Waals surface area contributed by atoms with Gasteiger partial charge in [0.05, 0.1) is 39.4 Å². The van der Waals surface area contributed by atoms with E-state index in [4.69, 9.17) is 9.68 Å². The maximum absolute atomic E-state index is 12.3. The molecule has 0 atom stereocenters. The normalized spacial score (nSPS) is 11.5. The first kappa shape index (κ1) is 21.3. The zero-order valence-corrected chi connectivity index (χ0v) is 18.5. The van der Waals surface area contributed by atoms with Crippen LogP contribution >= 0.6 is 0 Å². The van der Waals surface area contributed by atoms with Crippen molar-refractivity contribution in [2.45, 2.75) is 30.9 Å². The Balaban J connectivity index is 0.00000306. The molecule has 2 aromatic heterocycles. The third-order valence-corrected chi connectivity index (χ3v) is 7.09. The highest BCUT2D eigenvalue weighted by Crippen LogP contribution is 2.27. The summed E-state index contributed by atoms with van der Waals surface area (Å²) < 4.78 is 30.5. The fourth-order valence-electron chi connectivity index (χ4n) is 3.04. The summed E-state index contributed by atoms with van der Waals surface area (Å²) in [5.74, 6) is 0.472. The molecule has 9 heteroatoms. The summed E-state index contributed by atoms with van der Waals surface area (Å²) in [5.41, 5.74) is 3.41. The van der Waals surface area contributed by atoms with Crippen molar-refractivity contribution >= 4 is 9.84 Å². The lowest BCUT2D eigenvalue weighted by Crippen LogP contribution is -2.13. The fraction of sp³-hybridized carbons (Fsp3) is 0.174. The highest BCUT2D eigenvalue weighted by Gasteiger charge is 2.20. The third kappa shape index (κ3) is 4.00. The van der Waals surface area contributed by atoms with E-state index < -0.39 is 15.1 Å². The van der Waals surface area contributed by atoms with Gasteiger partial charge in [-0.1, -0.05) is 18.2 Å². The Labute approximate surface area is 187 Å². The highest BCUT2D eigenvalue weighted by molar-refractivity contribution is 7.92. The smallest absolute Gasteiger partial charge is 0.268 e. The van der Waals surface area contributed by atoms with Crippen molar-refractivity contribution in [2.75, 3.05) is 0 Å². The first-order valence-corrected chi connectivity index (χ1v) is 11.4. The molecule has 0 aliphatic rings. The molecule has 0 spiro atoms. The third-order valence-electron chi connectivity index (χ3n) is 4.92. The van der Waals surface area contributed by atoms with Crippen molar-refractivity contribution < 1.29 is 14.3 Å². The first-order chi connectivity index (χ1) is 15.3. The van der Waals surface area contributed by atoms with Crippen LogP contribution in [0.5, 0.6) is 0 Å². The lowest BCUT2D eigenvalue weighted by atomic mass is 10.1. The molecule has 4 rings (SSSR count). The van der Waals surface area contributed by atoms with Crippen molar-refractivity contribution in [2.24, 2.45) is 0 Å². The first-order valence-electron chi connectivity index (χ1n) is 9.82. The predicted molar refractivity (Wildman–Crippen MR) is 120 cm³/mol. The van der Waals surface area contributed by atoms with Crippen molar-refractivity contribution in [3.05, 3.63) is 66.0 Å². The van der Waals surface area contributed by atoms with E-state index >= 15 is 0 Å². The number of hydrogen-bond donors (Lipinski definition) is 0. The minimum atomic E-state index is -3.35. The summed E-state index contributed by atoms with van der Waals surface area (Å²) in [4.78, 5) is 9.27. The van der Waals surface area contributed by atoms with E-state index in [0.717, 1.165) is 0 Å². The zero-order valence-electron chi connectivity index (χ0n) is 17.6. The number of sulfone groups is 1. The van der Waals surface area contributed by atoms with Gasteiger partial charge in [-0.15, -0.1) is 10.2 Å². The van der Waals surface area contributed by atoms with Crippen LogP contribution in [-0.4, -0.2) is 33.8 Å². The topological polar surface area (TPSA) is 123 Å². The summed E-state index contributed by atoms with van der Waals surface area (Å²) in [6, 6.07) is 15.5. The number of nitrogens with zero attached hydrogens (tertiary/aromatic N) is 5. The van der Waals surface area contributed by atoms with Gasteiger partial charge in [-0.05, 0) is 51.1 Å². The molecule has 0 aliphatic carbocycles. The summed E-state index contributed by atoms with van der Waals surface area (Å²) in [6.07, 6.45) is 1.61. The van der Waals surface area contributed by atoms with Gasteiger partial charge < -0.3 is 4.42 Å². The Kier molecular flexibility index (Phi) is 5.55. The number of aromatic nitrogens is 4. The van der Waals surface area contributed by atoms with Crippen LogP contribution in [0, 0.1) is 18.3 Å². The molecular formula is C23H21N5O3S. The van der Waals surface area contributed by atoms with Crippen LogP contribution in [-0.2, 0) is 9.84 Å². The lowest BCUT2D eigenvalue weighted by Gasteiger charge is -2.09. The van der Waals surface area contributed by atoms with Crippen molar-refractivity contribution in [1.82, 2.24) is 20.2 Å². The second-order valence-corrected chi connectivity index (χ2v) is 9.92. The highest BCUT2D eigenvalue weighted by atomic mass is 32.2. The fourth-order valence-corrected chi connectivity index (χ4v) is 4.10. The number of hydrogen-bond acceptors (Lipinski definition) is 8. The molecule has 2 aromatic carbocycles. The molecule has 0 N–H and O–H groups in total. The van der Waals surface area contributed by atoms with E-state index in [9.17, 15) is 8.42 Å². The van der Waals surface area contributed by atoms with Gasteiger partial charge in [-0.3, -0.25) is 4.98 Å². The summed E-state index contributed by atoms with van der Waals surface area (Å²) in [5, 5.41) is 16.8. The minimum absolute atomic E-state index is 0. The van der Waals surface area contributed by atoms with Gasteiger partial charge in [0.15, 0.2) is 9.84 Å². The van der Waals surface area contributed by atoms with E-state index in [1.54, 1.807) is 75.5 Å². The minimum Gasteiger partial charge on any atom is -0.415 e. The molecule has 0 fully saturated rings. The van der Waals surface area contributed by atoms with E-state index in [2.05, 4.69) is 26.2 Å². The van der Waals surface area contributed by atoms with E-state index in [-0.39, 0.29) is 18.1 Å². The predicted octanol–water partition coefficient (Wildman–Crippen LogP) is 4.47. The Morgan fingerprint density at radius 3 is 2.44 bits per heavy atom. The number of nitriles is 1. The number of benzene rings is 2. The molecule has 8 nitrogen and oxygen atoms in total. The van der Waals surface area contributed by atoms with E-state index in [0.29, 0.717) is 33.8 Å². The van der Waals surface area contributed by atoms with Gasteiger partial charge in [-0.2, -0.15) is 5.26 Å². The van der Waals surface area contributed by atoms with Crippen LogP contribution in [0.1, 0.15) is 26.5 Å². The van der Waals surface area contributed by atoms with Gasteiger partial charge in [0.25, 0.3) is 5.89 Å². The maximum atomic E-state index is 12.3. The molecule has 0 unspecified atom stereocenters. The Morgan fingerprint density at radius 1 is 1.03 bits per heavy atom. The number of aryl methyl sites for hydroxylation is 1. The lowest BCUT2D eigenvalue weighted by molar-refractivity contribution is 0.581. The van der Waals surface area contributed by atoms with Gasteiger partial charge >= 0.3 is 0 Å². The second-order valence-electron chi connectivity index (χ2n) is 7.41. The quantitative estimate of drug-likeness (QED) is 0.439. The van der Waals surface area contributed by atoms with Gasteiger partial charge in [0, 0.05) is 12.6 Å². The van der Waals surface area contributed by atoms with Crippen LogP contribution in [0.2, 0.25) is 0 Å². The molecule has 0 aliphatic heterocycles. The average Bonchev–Trinajstić information content (AvgIpc) is 3.29. The monoisotopic (exact) mass is 447 g/mol. The standard InChI is InChI=1S/C23H19N5O3S.H2/c1-14(2)32(29,30)19-9-7-17(8-10-19)20-13-25-15(3)21(26-20)23-28-27-22(31-23)18-6-4-5-16(11-18)12-24;/h4-11,13-14H,1-3H3;1H. The molecule has 0 saturated carbocycles. The largest absolute Gasteiger partial charge is 0.415 e. The summed E-state index contributed by atoms with van der Waals surface area (Å²) >= 11 is 0. The van der Waals surface area contributed by atoms with Crippen molar-refractivity contribution in [1.29, 1.82) is 5.26 Å². The average molecular weight is 448 g/mol. The van der Waals surface area contributed by atoms with Crippen molar-refractivity contribution in [3.63, 3.8) is 0 Å². The van der Waals surface area contributed by atoms with Gasteiger partial charge in [0.1, 0.15) is 5.69 Å². The Hall–Kier alpha value is -3.90. The SMILES string of the molecule is Cc1ncc(-c2ccc(S(=O)(=O)C(C)C)cc2)nc1-c1nnc(-c2cccc(C#N)c2)o1.[HH]. The molecule has 32 heavy (non-hydrogen) atoms. The molecule has 0 bridgehead atoms. The molecular weight excluding hydrogens is 426 g/mol. The summed E-state index contributed by atoms with van der Waals surface area (Å²) in [6.45, 7) is 5.08. The zero-order chi connectivity index (χ0) is 22.9. The van der Waals surface area contributed by atoms with E-state index in [1.807, 2.05) is 0 Å². The van der Waals surface area contributed by atoms with Crippen LogP contribution in [0.15, 0.2) is 64.0 Å². The maximum Gasteiger partial charge on any atom is 0.268 e. The van der Waals surface area contributed by atoms with Gasteiger partial charge in [-0.25, -0.2) is 13.4 Å². The Morgan fingerprint density at radius 2 is 1.75 bits per heavy atom. The second kappa shape index (κ2) is 8.32. The Bertz CT molecular complexity index is 1440. The van der Waals surface area contributed by atoms with Crippen LogP contribution in [0.25, 0.3) is 34.3 Å². The van der Waals surface area contributed by atoms with Crippen molar-refractivity contribution in [3.8, 4) is 40.4 Å². The molecule has 2 heterocycles. The molecule has 162 valence electrons. The van der Waals surface area contributed by atoms with Crippen LogP contribution in [0.3, 0.4) is 0 Å². The van der Waals surface area contributed by atoms with E-state index in [1.165, 1.54) is 0 Å². The van der Waals surface area contributed by atoms with Gasteiger partial charge in [0.2, 0.25) is 5.89 Å². The van der Waals surface area contributed by atoms with Crippen LogP contribution < -0.4 is 0 Å². The molecule has 0 amide bonds. The van der Waals surface area contributed by atoms with Crippen LogP contribution in [0.4, 0.5) is 0 Å².